The zero-order valence-electron chi connectivity index (χ0n) is 24.4. The Kier molecular flexibility index (Phi) is 6.11. The molecule has 0 unspecified atom stereocenters. The summed E-state index contributed by atoms with van der Waals surface area (Å²) in [5.41, 5.74) is 8.95. The summed E-state index contributed by atoms with van der Waals surface area (Å²) >= 11 is 0. The van der Waals surface area contributed by atoms with E-state index in [1.165, 1.54) is 21.9 Å². The van der Waals surface area contributed by atoms with Crippen LogP contribution in [0, 0.1) is 0 Å². The van der Waals surface area contributed by atoms with Gasteiger partial charge in [0, 0.05) is 48.5 Å². The highest BCUT2D eigenvalue weighted by Crippen LogP contribution is 2.38. The fourth-order valence-electron chi connectivity index (χ4n) is 5.17. The van der Waals surface area contributed by atoms with Crippen LogP contribution in [-0.2, 0) is 10.8 Å². The number of pyridine rings is 1. The molecule has 2 aromatic heterocycles. The summed E-state index contributed by atoms with van der Waals surface area (Å²) in [6.07, 6.45) is 5.91. The highest BCUT2D eigenvalue weighted by molar-refractivity contribution is 6.09. The van der Waals surface area contributed by atoms with Crippen LogP contribution < -0.4 is 15.3 Å². The predicted molar refractivity (Wildman–Crippen MR) is 165 cm³/mol. The molecular weight excluding hydrogens is 494 g/mol. The molecule has 0 fully saturated rings. The lowest BCUT2D eigenvalue weighted by atomic mass is 9.86. The van der Waals surface area contributed by atoms with Gasteiger partial charge < -0.3 is 4.74 Å². The molecule has 0 aliphatic carbocycles. The summed E-state index contributed by atoms with van der Waals surface area (Å²) in [6, 6.07) is 25.6. The first-order chi connectivity index (χ1) is 19.0. The molecule has 0 amide bonds. The van der Waals surface area contributed by atoms with Crippen molar-refractivity contribution in [1.29, 1.82) is 0 Å². The smallest absolute Gasteiger partial charge is 0.137 e. The topological polar surface area (TPSA) is 45.6 Å². The lowest BCUT2D eigenvalue weighted by Gasteiger charge is -2.25. The van der Waals surface area contributed by atoms with Crippen molar-refractivity contribution in [3.05, 3.63) is 103 Å². The molecule has 40 heavy (non-hydrogen) atoms. The van der Waals surface area contributed by atoms with Gasteiger partial charge in [-0.2, -0.15) is 0 Å². The maximum atomic E-state index is 6.59. The molecule has 0 saturated heterocycles. The van der Waals surface area contributed by atoms with E-state index in [4.69, 9.17) is 9.72 Å². The second kappa shape index (κ2) is 9.42. The SMILES string of the molecule is CN1C=CN(c2cc(Oc3ccc4c5ccccc5n(-c5cc(C(C)(C)C)ccn5)c4c3)cc(C(C)(C)C)c2)N1. The van der Waals surface area contributed by atoms with E-state index in [-0.39, 0.29) is 10.8 Å². The van der Waals surface area contributed by atoms with Crippen LogP contribution in [0.3, 0.4) is 0 Å². The summed E-state index contributed by atoms with van der Waals surface area (Å²) in [4.78, 5) is 4.81. The van der Waals surface area contributed by atoms with Gasteiger partial charge in [0.25, 0.3) is 0 Å². The molecule has 0 radical (unpaired) electrons. The third kappa shape index (κ3) is 4.80. The highest BCUT2D eigenvalue weighted by atomic mass is 16.5. The van der Waals surface area contributed by atoms with Gasteiger partial charge in [-0.15, -0.1) is 5.53 Å². The molecular formula is C34H37N5O. The second-order valence-corrected chi connectivity index (χ2v) is 12.6. The van der Waals surface area contributed by atoms with Crippen molar-refractivity contribution in [2.75, 3.05) is 12.1 Å². The molecule has 3 heterocycles. The van der Waals surface area contributed by atoms with Crippen LogP contribution in [0.4, 0.5) is 5.69 Å². The third-order valence-electron chi connectivity index (χ3n) is 7.46. The fraction of sp³-hybridized carbons (Fsp3) is 0.265. The summed E-state index contributed by atoms with van der Waals surface area (Å²) in [7, 11) is 1.97. The average molecular weight is 532 g/mol. The Bertz CT molecular complexity index is 1750. The third-order valence-corrected chi connectivity index (χ3v) is 7.46. The second-order valence-electron chi connectivity index (χ2n) is 12.6. The van der Waals surface area contributed by atoms with E-state index < -0.39 is 0 Å². The molecule has 0 saturated carbocycles. The molecule has 0 atom stereocenters. The molecule has 204 valence electrons. The van der Waals surface area contributed by atoms with Crippen LogP contribution >= 0.6 is 0 Å². The Balaban J connectivity index is 1.47. The Morgan fingerprint density at radius 1 is 0.700 bits per heavy atom. The van der Waals surface area contributed by atoms with Crippen molar-refractivity contribution in [3.8, 4) is 17.3 Å². The molecule has 6 nitrogen and oxygen atoms in total. The minimum absolute atomic E-state index is 0.0225. The molecule has 0 spiro atoms. The van der Waals surface area contributed by atoms with Crippen molar-refractivity contribution in [1.82, 2.24) is 20.1 Å². The van der Waals surface area contributed by atoms with Crippen LogP contribution in [-0.4, -0.2) is 21.6 Å². The van der Waals surface area contributed by atoms with Gasteiger partial charge in [0.1, 0.15) is 17.3 Å². The number of aromatic nitrogens is 2. The van der Waals surface area contributed by atoms with E-state index in [9.17, 15) is 0 Å². The van der Waals surface area contributed by atoms with Crippen LogP contribution in [0.1, 0.15) is 52.7 Å². The lowest BCUT2D eigenvalue weighted by Crippen LogP contribution is -2.36. The zero-order chi connectivity index (χ0) is 28.2. The van der Waals surface area contributed by atoms with Crippen LogP contribution in [0.15, 0.2) is 91.4 Å². The van der Waals surface area contributed by atoms with E-state index in [1.54, 1.807) is 0 Å². The number of hydrogen-bond donors (Lipinski definition) is 1. The first-order valence-electron chi connectivity index (χ1n) is 13.8. The standard InChI is InChI=1S/C34H37N5O/c1-33(2,3)23-14-15-35-32(20-23)39-30-11-9-8-10-28(30)29-13-12-26(22-31(29)39)40-27-19-24(34(4,5)6)18-25(21-27)38-17-16-37(7)36-38/h8-22,36H,1-7H3. The molecule has 1 aliphatic rings. The molecule has 0 bridgehead atoms. The Hall–Kier alpha value is -4.29. The minimum Gasteiger partial charge on any atom is -0.457 e. The van der Waals surface area contributed by atoms with Crippen molar-refractivity contribution in [2.45, 2.75) is 52.4 Å². The van der Waals surface area contributed by atoms with Gasteiger partial charge in [-0.05, 0) is 64.4 Å². The highest BCUT2D eigenvalue weighted by Gasteiger charge is 2.21. The Labute approximate surface area is 236 Å². The van der Waals surface area contributed by atoms with Gasteiger partial charge in [-0.3, -0.25) is 14.6 Å². The van der Waals surface area contributed by atoms with Crippen molar-refractivity contribution < 1.29 is 4.74 Å². The number of anilines is 1. The van der Waals surface area contributed by atoms with Crippen molar-refractivity contribution in [3.63, 3.8) is 0 Å². The van der Waals surface area contributed by atoms with Gasteiger partial charge in [0.05, 0.1) is 16.7 Å². The number of fused-ring (bicyclic) bond motifs is 3. The number of nitrogens with one attached hydrogen (secondary N) is 1. The van der Waals surface area contributed by atoms with E-state index in [0.717, 1.165) is 34.0 Å². The summed E-state index contributed by atoms with van der Waals surface area (Å²) in [5.74, 6) is 2.48. The lowest BCUT2D eigenvalue weighted by molar-refractivity contribution is 0.358. The Morgan fingerprint density at radius 3 is 2.17 bits per heavy atom. The molecule has 6 heteroatoms. The summed E-state index contributed by atoms with van der Waals surface area (Å²) in [6.45, 7) is 13.4. The minimum atomic E-state index is -0.0381. The van der Waals surface area contributed by atoms with Crippen molar-refractivity contribution >= 4 is 27.5 Å². The predicted octanol–water partition coefficient (Wildman–Crippen LogP) is 8.21. The molecule has 1 N–H and O–H groups in total. The number of para-hydroxylation sites is 1. The monoisotopic (exact) mass is 531 g/mol. The fourth-order valence-corrected chi connectivity index (χ4v) is 5.17. The first-order valence-corrected chi connectivity index (χ1v) is 13.8. The quantitative estimate of drug-likeness (QED) is 0.253. The normalized spacial score (nSPS) is 14.1. The van der Waals surface area contributed by atoms with Gasteiger partial charge in [0.15, 0.2) is 0 Å². The number of ether oxygens (including phenoxy) is 1. The Morgan fingerprint density at radius 2 is 1.45 bits per heavy atom. The molecule has 5 aromatic rings. The van der Waals surface area contributed by atoms with Gasteiger partial charge in [-0.25, -0.2) is 4.98 Å². The number of hydrogen-bond acceptors (Lipinski definition) is 5. The van der Waals surface area contributed by atoms with Crippen LogP contribution in [0.2, 0.25) is 0 Å². The number of benzene rings is 3. The number of hydrazine groups is 2. The van der Waals surface area contributed by atoms with Crippen molar-refractivity contribution in [2.24, 2.45) is 0 Å². The van der Waals surface area contributed by atoms with E-state index in [1.807, 2.05) is 35.7 Å². The summed E-state index contributed by atoms with van der Waals surface area (Å²) in [5, 5.41) is 6.28. The van der Waals surface area contributed by atoms with E-state index >= 15 is 0 Å². The molecule has 1 aliphatic heterocycles. The summed E-state index contributed by atoms with van der Waals surface area (Å²) < 4.78 is 8.84. The molecule has 6 rings (SSSR count). The largest absolute Gasteiger partial charge is 0.457 e. The average Bonchev–Trinajstić information content (AvgIpc) is 3.48. The number of rotatable bonds is 4. The molecule has 3 aromatic carbocycles. The maximum Gasteiger partial charge on any atom is 0.137 e. The van der Waals surface area contributed by atoms with Gasteiger partial charge in [-0.1, -0.05) is 59.7 Å². The van der Waals surface area contributed by atoms with Gasteiger partial charge >= 0.3 is 0 Å². The zero-order valence-corrected chi connectivity index (χ0v) is 24.4. The van der Waals surface area contributed by atoms with Gasteiger partial charge in [0.2, 0.25) is 0 Å². The van der Waals surface area contributed by atoms with E-state index in [2.05, 4.69) is 124 Å². The van der Waals surface area contributed by atoms with Crippen LogP contribution in [0.5, 0.6) is 11.5 Å². The van der Waals surface area contributed by atoms with E-state index in [0.29, 0.717) is 0 Å². The van der Waals surface area contributed by atoms with Crippen LogP contribution in [0.25, 0.3) is 27.6 Å². The number of nitrogens with zero attached hydrogens (tertiary/aromatic N) is 4. The first kappa shape index (κ1) is 26.0. The maximum absolute atomic E-state index is 6.59.